The maximum absolute atomic E-state index is 8.76. The molecule has 58 valence electrons. The Morgan fingerprint density at radius 3 is 2.80 bits per heavy atom. The summed E-state index contributed by atoms with van der Waals surface area (Å²) < 4.78 is 9.61. The van der Waals surface area contributed by atoms with Crippen LogP contribution in [0.4, 0.5) is 0 Å². The average Bonchev–Trinajstić information content (AvgIpc) is 1.98. The van der Waals surface area contributed by atoms with Crippen LogP contribution < -0.4 is 0 Å². The van der Waals surface area contributed by atoms with E-state index in [2.05, 4.69) is 5.92 Å². The van der Waals surface area contributed by atoms with Crippen molar-refractivity contribution in [3.8, 4) is 12.3 Å². The molecule has 10 heavy (non-hydrogen) atoms. The number of rotatable bonds is 5. The van der Waals surface area contributed by atoms with Crippen LogP contribution in [0.1, 0.15) is 0 Å². The Kier molecular flexibility index (Phi) is 6.19. The number of hydrogen-bond donors (Lipinski definition) is 1. The van der Waals surface area contributed by atoms with Crippen LogP contribution in [-0.4, -0.2) is 38.1 Å². The average molecular weight is 144 g/mol. The van der Waals surface area contributed by atoms with Crippen LogP contribution in [0.3, 0.4) is 0 Å². The molecule has 3 heteroatoms. The highest BCUT2D eigenvalue weighted by Gasteiger charge is 1.96. The summed E-state index contributed by atoms with van der Waals surface area (Å²) >= 11 is 0. The summed E-state index contributed by atoms with van der Waals surface area (Å²) in [4.78, 5) is 0. The smallest absolute Gasteiger partial charge is 0.137 e. The fraction of sp³-hybridized carbons (Fsp3) is 0.714. The van der Waals surface area contributed by atoms with Crippen LogP contribution in [0, 0.1) is 12.3 Å². The van der Waals surface area contributed by atoms with E-state index in [1.807, 2.05) is 0 Å². The molecule has 1 atom stereocenters. The predicted molar refractivity (Wildman–Crippen MR) is 37.5 cm³/mol. The van der Waals surface area contributed by atoms with Crippen molar-refractivity contribution in [2.75, 3.05) is 26.9 Å². The first-order valence-corrected chi connectivity index (χ1v) is 3.02. The van der Waals surface area contributed by atoms with Crippen LogP contribution in [0.15, 0.2) is 0 Å². The molecule has 1 unspecified atom stereocenters. The van der Waals surface area contributed by atoms with Crippen LogP contribution in [-0.2, 0) is 9.47 Å². The van der Waals surface area contributed by atoms with Crippen LogP contribution in [0.5, 0.6) is 0 Å². The Morgan fingerprint density at radius 1 is 1.60 bits per heavy atom. The highest BCUT2D eigenvalue weighted by Crippen LogP contribution is 1.82. The topological polar surface area (TPSA) is 38.7 Å². The highest BCUT2D eigenvalue weighted by molar-refractivity contribution is 4.92. The number of aliphatic hydroxyl groups excluding tert-OH is 1. The largest absolute Gasteiger partial charge is 0.382 e. The third-order valence-corrected chi connectivity index (χ3v) is 0.900. The van der Waals surface area contributed by atoms with Gasteiger partial charge in [0.2, 0.25) is 0 Å². The number of hydrogen-bond acceptors (Lipinski definition) is 3. The minimum atomic E-state index is -0.795. The summed E-state index contributed by atoms with van der Waals surface area (Å²) in [6.45, 7) is 1.17. The lowest BCUT2D eigenvalue weighted by Crippen LogP contribution is -2.14. The first-order chi connectivity index (χ1) is 4.81. The van der Waals surface area contributed by atoms with E-state index in [4.69, 9.17) is 21.0 Å². The van der Waals surface area contributed by atoms with Crippen molar-refractivity contribution in [3.63, 3.8) is 0 Å². The van der Waals surface area contributed by atoms with Gasteiger partial charge in [-0.25, -0.2) is 0 Å². The number of ether oxygens (including phenoxy) is 2. The lowest BCUT2D eigenvalue weighted by atomic mass is 10.4. The number of terminal acetylenes is 1. The molecular formula is C7H12O3. The number of aliphatic hydroxyl groups is 1. The standard InChI is InChI=1S/C7H12O3/c1-3-7(8)6-10-5-4-9-2/h1,7-8H,4-6H2,2H3. The molecule has 0 bridgehead atoms. The molecule has 0 aromatic heterocycles. The zero-order valence-corrected chi connectivity index (χ0v) is 6.04. The summed E-state index contributed by atoms with van der Waals surface area (Å²) in [6, 6.07) is 0. The van der Waals surface area contributed by atoms with Gasteiger partial charge in [0.25, 0.3) is 0 Å². The molecule has 0 heterocycles. The Morgan fingerprint density at radius 2 is 2.30 bits per heavy atom. The van der Waals surface area contributed by atoms with E-state index in [9.17, 15) is 0 Å². The zero-order valence-electron chi connectivity index (χ0n) is 6.04. The van der Waals surface area contributed by atoms with Gasteiger partial charge >= 0.3 is 0 Å². The van der Waals surface area contributed by atoms with Gasteiger partial charge in [-0.3, -0.25) is 0 Å². The van der Waals surface area contributed by atoms with E-state index in [0.29, 0.717) is 13.2 Å². The van der Waals surface area contributed by atoms with E-state index in [0.717, 1.165) is 0 Å². The maximum atomic E-state index is 8.76. The Labute approximate surface area is 60.9 Å². The molecule has 0 aliphatic heterocycles. The van der Waals surface area contributed by atoms with Gasteiger partial charge in [-0.05, 0) is 0 Å². The highest BCUT2D eigenvalue weighted by atomic mass is 16.5. The van der Waals surface area contributed by atoms with E-state index in [1.54, 1.807) is 7.11 Å². The first kappa shape index (κ1) is 9.44. The van der Waals surface area contributed by atoms with E-state index >= 15 is 0 Å². The van der Waals surface area contributed by atoms with Crippen molar-refractivity contribution in [3.05, 3.63) is 0 Å². The lowest BCUT2D eigenvalue weighted by molar-refractivity contribution is 0.0322. The molecule has 1 N–H and O–H groups in total. The summed E-state index contributed by atoms with van der Waals surface area (Å²) in [6.07, 6.45) is 4.08. The Bertz CT molecular complexity index is 106. The molecule has 0 aliphatic carbocycles. The van der Waals surface area contributed by atoms with Crippen molar-refractivity contribution in [2.24, 2.45) is 0 Å². The minimum absolute atomic E-state index is 0.180. The molecule has 0 fully saturated rings. The third kappa shape index (κ3) is 5.57. The van der Waals surface area contributed by atoms with Crippen molar-refractivity contribution in [1.82, 2.24) is 0 Å². The van der Waals surface area contributed by atoms with E-state index in [1.165, 1.54) is 0 Å². The second-order valence-electron chi connectivity index (χ2n) is 1.75. The van der Waals surface area contributed by atoms with Gasteiger partial charge in [0.1, 0.15) is 6.10 Å². The first-order valence-electron chi connectivity index (χ1n) is 3.02. The molecular weight excluding hydrogens is 132 g/mol. The van der Waals surface area contributed by atoms with E-state index in [-0.39, 0.29) is 6.61 Å². The van der Waals surface area contributed by atoms with Gasteiger partial charge in [-0.2, -0.15) is 0 Å². The monoisotopic (exact) mass is 144 g/mol. The normalized spacial score (nSPS) is 12.5. The fourth-order valence-electron chi connectivity index (χ4n) is 0.385. The quantitative estimate of drug-likeness (QED) is 0.423. The summed E-state index contributed by atoms with van der Waals surface area (Å²) in [5.41, 5.74) is 0. The Balaban J connectivity index is 2.98. The summed E-state index contributed by atoms with van der Waals surface area (Å²) in [5, 5.41) is 8.76. The van der Waals surface area contributed by atoms with Crippen LogP contribution in [0.2, 0.25) is 0 Å². The van der Waals surface area contributed by atoms with Crippen LogP contribution >= 0.6 is 0 Å². The fourth-order valence-corrected chi connectivity index (χ4v) is 0.385. The third-order valence-electron chi connectivity index (χ3n) is 0.900. The van der Waals surface area contributed by atoms with Gasteiger partial charge in [-0.1, -0.05) is 5.92 Å². The molecule has 0 rings (SSSR count). The molecule has 0 aliphatic rings. The van der Waals surface area contributed by atoms with E-state index < -0.39 is 6.10 Å². The van der Waals surface area contributed by atoms with Crippen LogP contribution in [0.25, 0.3) is 0 Å². The summed E-state index contributed by atoms with van der Waals surface area (Å²) in [7, 11) is 1.58. The summed E-state index contributed by atoms with van der Waals surface area (Å²) in [5.74, 6) is 2.13. The minimum Gasteiger partial charge on any atom is -0.382 e. The SMILES string of the molecule is C#CC(O)COCCOC. The molecule has 0 saturated carbocycles. The molecule has 0 amide bonds. The van der Waals surface area contributed by atoms with Crippen molar-refractivity contribution in [2.45, 2.75) is 6.10 Å². The molecule has 0 spiro atoms. The Hall–Kier alpha value is -0.560. The zero-order chi connectivity index (χ0) is 7.82. The molecule has 0 saturated heterocycles. The van der Waals surface area contributed by atoms with Gasteiger partial charge in [0.05, 0.1) is 19.8 Å². The molecule has 3 nitrogen and oxygen atoms in total. The van der Waals surface area contributed by atoms with Crippen molar-refractivity contribution < 1.29 is 14.6 Å². The van der Waals surface area contributed by atoms with Gasteiger partial charge in [-0.15, -0.1) is 6.42 Å². The maximum Gasteiger partial charge on any atom is 0.137 e. The van der Waals surface area contributed by atoms with Gasteiger partial charge < -0.3 is 14.6 Å². The lowest BCUT2D eigenvalue weighted by Gasteiger charge is -2.03. The number of methoxy groups -OCH3 is 1. The second kappa shape index (κ2) is 6.56. The molecule has 0 aromatic carbocycles. The predicted octanol–water partition coefficient (Wildman–Crippen LogP) is -0.357. The second-order valence-corrected chi connectivity index (χ2v) is 1.75. The van der Waals surface area contributed by atoms with Crippen molar-refractivity contribution >= 4 is 0 Å². The van der Waals surface area contributed by atoms with Crippen molar-refractivity contribution in [1.29, 1.82) is 0 Å². The molecule has 0 radical (unpaired) electrons. The molecule has 0 aromatic rings. The van der Waals surface area contributed by atoms with Gasteiger partial charge in [0, 0.05) is 7.11 Å². The van der Waals surface area contributed by atoms with Gasteiger partial charge in [0.15, 0.2) is 0 Å².